The second kappa shape index (κ2) is 8.41. The van der Waals surface area contributed by atoms with Gasteiger partial charge in [-0.3, -0.25) is 5.43 Å². The number of nitrogens with one attached hydrogen (secondary N) is 2. The molecule has 0 aliphatic rings. The standard InChI is InChI=1S/C16H15Br2N3S/c1-11(14-8-7-13(17)9-15(14)18)20-21-16(22)19-10-12-5-3-2-4-6-12/h2-9H,10H2,1H3,(H2,19,21,22)/b20-11+. The van der Waals surface area contributed by atoms with Crippen molar-refractivity contribution in [3.63, 3.8) is 0 Å². The van der Waals surface area contributed by atoms with Crippen molar-refractivity contribution in [1.82, 2.24) is 10.7 Å². The predicted molar refractivity (Wildman–Crippen MR) is 103 cm³/mol. The van der Waals surface area contributed by atoms with E-state index in [0.29, 0.717) is 11.7 Å². The lowest BCUT2D eigenvalue weighted by atomic mass is 10.1. The average Bonchev–Trinajstić information content (AvgIpc) is 2.51. The van der Waals surface area contributed by atoms with Crippen LogP contribution in [-0.4, -0.2) is 10.8 Å². The maximum absolute atomic E-state index is 5.23. The molecule has 0 aliphatic carbocycles. The summed E-state index contributed by atoms with van der Waals surface area (Å²) < 4.78 is 2.00. The summed E-state index contributed by atoms with van der Waals surface area (Å²) in [7, 11) is 0. The average molecular weight is 441 g/mol. The molecule has 0 saturated heterocycles. The summed E-state index contributed by atoms with van der Waals surface area (Å²) >= 11 is 12.2. The smallest absolute Gasteiger partial charge is 0.187 e. The van der Waals surface area contributed by atoms with E-state index in [1.165, 1.54) is 5.56 Å². The normalized spacial score (nSPS) is 11.1. The maximum Gasteiger partial charge on any atom is 0.187 e. The summed E-state index contributed by atoms with van der Waals surface area (Å²) in [5.41, 5.74) is 5.90. The van der Waals surface area contributed by atoms with Crippen molar-refractivity contribution >= 4 is 54.9 Å². The molecule has 2 rings (SSSR count). The maximum atomic E-state index is 5.23. The number of hydrogen-bond acceptors (Lipinski definition) is 2. The summed E-state index contributed by atoms with van der Waals surface area (Å²) in [5, 5.41) is 7.93. The third-order valence-corrected chi connectivity index (χ3v) is 4.33. The van der Waals surface area contributed by atoms with Gasteiger partial charge in [0.1, 0.15) is 0 Å². The quantitative estimate of drug-likeness (QED) is 0.414. The van der Waals surface area contributed by atoms with Gasteiger partial charge in [-0.25, -0.2) is 0 Å². The van der Waals surface area contributed by atoms with Crippen molar-refractivity contribution in [2.75, 3.05) is 0 Å². The molecule has 3 nitrogen and oxygen atoms in total. The van der Waals surface area contributed by atoms with E-state index in [9.17, 15) is 0 Å². The highest BCUT2D eigenvalue weighted by atomic mass is 79.9. The predicted octanol–water partition coefficient (Wildman–Crippen LogP) is 4.60. The van der Waals surface area contributed by atoms with Crippen LogP contribution in [0.25, 0.3) is 0 Å². The summed E-state index contributed by atoms with van der Waals surface area (Å²) in [4.78, 5) is 0. The molecule has 0 radical (unpaired) electrons. The fourth-order valence-corrected chi connectivity index (χ4v) is 3.25. The molecule has 0 fully saturated rings. The van der Waals surface area contributed by atoms with Crippen LogP contribution < -0.4 is 10.7 Å². The molecule has 0 heterocycles. The monoisotopic (exact) mass is 439 g/mol. The molecule has 0 aromatic heterocycles. The third kappa shape index (κ3) is 5.19. The Morgan fingerprint density at radius 2 is 1.86 bits per heavy atom. The second-order valence-electron chi connectivity index (χ2n) is 4.60. The summed E-state index contributed by atoms with van der Waals surface area (Å²) in [5.74, 6) is 0. The molecule has 6 heteroatoms. The number of rotatable bonds is 4. The van der Waals surface area contributed by atoms with Crippen LogP contribution in [0.2, 0.25) is 0 Å². The molecule has 0 saturated carbocycles. The molecule has 22 heavy (non-hydrogen) atoms. The number of benzene rings is 2. The molecular weight excluding hydrogens is 426 g/mol. The van der Waals surface area contributed by atoms with Gasteiger partial charge in [0, 0.05) is 21.1 Å². The van der Waals surface area contributed by atoms with Gasteiger partial charge in [0.05, 0.1) is 5.71 Å². The molecule has 0 bridgehead atoms. The van der Waals surface area contributed by atoms with Crippen molar-refractivity contribution in [3.8, 4) is 0 Å². The second-order valence-corrected chi connectivity index (χ2v) is 6.78. The zero-order valence-corrected chi connectivity index (χ0v) is 15.9. The Kier molecular flexibility index (Phi) is 6.54. The first-order chi connectivity index (χ1) is 10.6. The van der Waals surface area contributed by atoms with Crippen LogP contribution in [0.1, 0.15) is 18.1 Å². The van der Waals surface area contributed by atoms with Gasteiger partial charge in [-0.2, -0.15) is 5.10 Å². The summed E-state index contributed by atoms with van der Waals surface area (Å²) in [6, 6.07) is 16.0. The van der Waals surface area contributed by atoms with Crippen LogP contribution in [0.5, 0.6) is 0 Å². The van der Waals surface area contributed by atoms with E-state index in [1.807, 2.05) is 55.5 Å². The summed E-state index contributed by atoms with van der Waals surface area (Å²) in [6.07, 6.45) is 0. The van der Waals surface area contributed by atoms with Gasteiger partial charge in [0.15, 0.2) is 5.11 Å². The Bertz CT molecular complexity index is 687. The van der Waals surface area contributed by atoms with E-state index in [1.54, 1.807) is 0 Å². The van der Waals surface area contributed by atoms with Crippen LogP contribution in [0.3, 0.4) is 0 Å². The van der Waals surface area contributed by atoms with Crippen molar-refractivity contribution in [1.29, 1.82) is 0 Å². The number of hydrazone groups is 1. The van der Waals surface area contributed by atoms with Crippen LogP contribution in [-0.2, 0) is 6.54 Å². The lowest BCUT2D eigenvalue weighted by molar-refractivity contribution is 0.866. The molecule has 0 aliphatic heterocycles. The van der Waals surface area contributed by atoms with Crippen LogP contribution >= 0.6 is 44.1 Å². The van der Waals surface area contributed by atoms with Crippen LogP contribution in [0, 0.1) is 0 Å². The molecule has 0 unspecified atom stereocenters. The highest BCUT2D eigenvalue weighted by molar-refractivity contribution is 9.11. The van der Waals surface area contributed by atoms with Crippen LogP contribution in [0.4, 0.5) is 0 Å². The molecule has 0 spiro atoms. The highest BCUT2D eigenvalue weighted by Crippen LogP contribution is 2.22. The first-order valence-corrected chi connectivity index (χ1v) is 8.63. The Morgan fingerprint density at radius 1 is 1.14 bits per heavy atom. The number of thiocarbonyl (C=S) groups is 1. The minimum Gasteiger partial charge on any atom is -0.357 e. The zero-order chi connectivity index (χ0) is 15.9. The summed E-state index contributed by atoms with van der Waals surface area (Å²) in [6.45, 7) is 2.60. The molecule has 2 aromatic rings. The fraction of sp³-hybridized carbons (Fsp3) is 0.125. The molecule has 2 aromatic carbocycles. The van der Waals surface area contributed by atoms with E-state index in [4.69, 9.17) is 12.2 Å². The molecule has 2 N–H and O–H groups in total. The SMILES string of the molecule is C/C(=N\NC(=S)NCc1ccccc1)c1ccc(Br)cc1Br. The number of halogens is 2. The molecule has 0 atom stereocenters. The van der Waals surface area contributed by atoms with Crippen molar-refractivity contribution in [2.24, 2.45) is 5.10 Å². The molecule has 0 amide bonds. The topological polar surface area (TPSA) is 36.4 Å². The largest absolute Gasteiger partial charge is 0.357 e. The molecular formula is C16H15Br2N3S. The Labute approximate surface area is 152 Å². The Morgan fingerprint density at radius 3 is 2.55 bits per heavy atom. The Hall–Kier alpha value is -1.24. The van der Waals surface area contributed by atoms with Crippen LogP contribution in [0.15, 0.2) is 62.6 Å². The van der Waals surface area contributed by atoms with E-state index < -0.39 is 0 Å². The number of nitrogens with zero attached hydrogens (tertiary/aromatic N) is 1. The van der Waals surface area contributed by atoms with E-state index >= 15 is 0 Å². The third-order valence-electron chi connectivity index (χ3n) is 2.94. The van der Waals surface area contributed by atoms with E-state index in [0.717, 1.165) is 20.2 Å². The Balaban J connectivity index is 1.91. The van der Waals surface area contributed by atoms with Gasteiger partial charge >= 0.3 is 0 Å². The lowest BCUT2D eigenvalue weighted by Gasteiger charge is -2.09. The lowest BCUT2D eigenvalue weighted by Crippen LogP contribution is -2.32. The molecule has 114 valence electrons. The van der Waals surface area contributed by atoms with Crippen molar-refractivity contribution in [3.05, 3.63) is 68.6 Å². The van der Waals surface area contributed by atoms with Gasteiger partial charge in [-0.1, -0.05) is 68.3 Å². The van der Waals surface area contributed by atoms with Gasteiger partial charge in [-0.05, 0) is 36.8 Å². The minimum atomic E-state index is 0.497. The van der Waals surface area contributed by atoms with E-state index in [2.05, 4.69) is 47.7 Å². The zero-order valence-electron chi connectivity index (χ0n) is 11.9. The number of hydrogen-bond donors (Lipinski definition) is 2. The minimum absolute atomic E-state index is 0.497. The first-order valence-electron chi connectivity index (χ1n) is 6.64. The van der Waals surface area contributed by atoms with E-state index in [-0.39, 0.29) is 0 Å². The van der Waals surface area contributed by atoms with Crippen molar-refractivity contribution in [2.45, 2.75) is 13.5 Å². The highest BCUT2D eigenvalue weighted by Gasteiger charge is 2.04. The van der Waals surface area contributed by atoms with Gasteiger partial charge in [0.2, 0.25) is 0 Å². The first kappa shape index (κ1) is 17.1. The fourth-order valence-electron chi connectivity index (χ4n) is 1.80. The van der Waals surface area contributed by atoms with Crippen molar-refractivity contribution < 1.29 is 0 Å². The van der Waals surface area contributed by atoms with Gasteiger partial charge < -0.3 is 5.32 Å². The van der Waals surface area contributed by atoms with Gasteiger partial charge in [0.25, 0.3) is 0 Å². The van der Waals surface area contributed by atoms with Gasteiger partial charge in [-0.15, -0.1) is 0 Å².